The Morgan fingerprint density at radius 2 is 1.68 bits per heavy atom. The topological polar surface area (TPSA) is 29.3 Å². The summed E-state index contributed by atoms with van der Waals surface area (Å²) in [6.45, 7) is 1.12. The highest BCUT2D eigenvalue weighted by molar-refractivity contribution is 5.60. The molecule has 0 saturated heterocycles. The van der Waals surface area contributed by atoms with Gasteiger partial charge in [-0.15, -0.1) is 0 Å². The zero-order valence-corrected chi connectivity index (χ0v) is 10.9. The summed E-state index contributed by atoms with van der Waals surface area (Å²) in [5.41, 5.74) is 11.9. The molecule has 0 amide bonds. The molecule has 1 aliphatic carbocycles. The number of rotatable bonds is 1. The summed E-state index contributed by atoms with van der Waals surface area (Å²) in [6, 6.07) is 18.1. The summed E-state index contributed by atoms with van der Waals surface area (Å²) in [6.07, 6.45) is 2.19. The number of hydrogen-bond acceptors (Lipinski definition) is 2. The van der Waals surface area contributed by atoms with Crippen molar-refractivity contribution in [3.63, 3.8) is 0 Å². The molecule has 2 unspecified atom stereocenters. The van der Waals surface area contributed by atoms with Crippen molar-refractivity contribution in [1.82, 2.24) is 0 Å². The maximum atomic E-state index is 6.30. The molecule has 0 aromatic heterocycles. The van der Waals surface area contributed by atoms with Gasteiger partial charge in [-0.1, -0.05) is 42.5 Å². The van der Waals surface area contributed by atoms with Crippen molar-refractivity contribution in [2.24, 2.45) is 5.73 Å². The van der Waals surface area contributed by atoms with Gasteiger partial charge in [0.15, 0.2) is 0 Å². The minimum atomic E-state index is 0.189. The molecule has 0 radical (unpaired) electrons. The molecular formula is C17H18N2. The van der Waals surface area contributed by atoms with Crippen LogP contribution in [0.15, 0.2) is 48.5 Å². The van der Waals surface area contributed by atoms with E-state index in [-0.39, 0.29) is 6.04 Å². The summed E-state index contributed by atoms with van der Waals surface area (Å²) in [7, 11) is 0. The van der Waals surface area contributed by atoms with E-state index >= 15 is 0 Å². The van der Waals surface area contributed by atoms with Gasteiger partial charge in [0.2, 0.25) is 0 Å². The summed E-state index contributed by atoms with van der Waals surface area (Å²) < 4.78 is 0. The third kappa shape index (κ3) is 1.60. The molecule has 0 spiro atoms. The highest BCUT2D eigenvalue weighted by Gasteiger charge is 2.35. The summed E-state index contributed by atoms with van der Waals surface area (Å²) in [4.78, 5) is 2.54. The van der Waals surface area contributed by atoms with E-state index in [4.69, 9.17) is 5.73 Å². The largest absolute Gasteiger partial charge is 0.364 e. The lowest BCUT2D eigenvalue weighted by molar-refractivity contribution is 0.577. The monoisotopic (exact) mass is 250 g/mol. The van der Waals surface area contributed by atoms with Crippen LogP contribution in [0.3, 0.4) is 0 Å². The predicted octanol–water partition coefficient (Wildman–Crippen LogP) is 3.19. The van der Waals surface area contributed by atoms with E-state index in [0.29, 0.717) is 6.04 Å². The van der Waals surface area contributed by atoms with Gasteiger partial charge in [0.25, 0.3) is 0 Å². The van der Waals surface area contributed by atoms with E-state index in [9.17, 15) is 0 Å². The Balaban J connectivity index is 1.76. The zero-order valence-electron chi connectivity index (χ0n) is 10.9. The second kappa shape index (κ2) is 4.10. The van der Waals surface area contributed by atoms with Gasteiger partial charge in [-0.2, -0.15) is 0 Å². The van der Waals surface area contributed by atoms with E-state index in [1.807, 2.05) is 0 Å². The molecule has 2 aromatic rings. The molecule has 0 saturated carbocycles. The molecule has 2 aromatic carbocycles. The second-order valence-electron chi connectivity index (χ2n) is 5.56. The first-order chi connectivity index (χ1) is 9.34. The van der Waals surface area contributed by atoms with Crippen LogP contribution in [0.1, 0.15) is 35.2 Å². The van der Waals surface area contributed by atoms with Crippen LogP contribution in [0.4, 0.5) is 5.69 Å². The normalized spacial score (nSPS) is 24.4. The van der Waals surface area contributed by atoms with E-state index < -0.39 is 0 Å². The van der Waals surface area contributed by atoms with Gasteiger partial charge < -0.3 is 10.6 Å². The number of anilines is 1. The fraction of sp³-hybridized carbons (Fsp3) is 0.294. The average Bonchev–Trinajstić information content (AvgIpc) is 3.01. The SMILES string of the molecule is NC1CC(N2CCc3ccccc32)c2ccccc21. The molecule has 0 bridgehead atoms. The summed E-state index contributed by atoms with van der Waals surface area (Å²) in [5.74, 6) is 0. The van der Waals surface area contributed by atoms with Crippen LogP contribution >= 0.6 is 0 Å². The van der Waals surface area contributed by atoms with Crippen LogP contribution in [0.5, 0.6) is 0 Å². The minimum Gasteiger partial charge on any atom is -0.364 e. The van der Waals surface area contributed by atoms with E-state index in [2.05, 4.69) is 53.4 Å². The molecule has 0 fully saturated rings. The maximum Gasteiger partial charge on any atom is 0.0564 e. The van der Waals surface area contributed by atoms with Gasteiger partial charge in [-0.25, -0.2) is 0 Å². The lowest BCUT2D eigenvalue weighted by Crippen LogP contribution is -2.25. The number of benzene rings is 2. The van der Waals surface area contributed by atoms with Crippen LogP contribution in [0.25, 0.3) is 0 Å². The molecular weight excluding hydrogens is 232 g/mol. The molecule has 2 atom stereocenters. The van der Waals surface area contributed by atoms with Crippen molar-refractivity contribution in [3.05, 3.63) is 65.2 Å². The number of para-hydroxylation sites is 1. The van der Waals surface area contributed by atoms with Crippen molar-refractivity contribution in [2.75, 3.05) is 11.4 Å². The Labute approximate surface area is 113 Å². The third-order valence-corrected chi connectivity index (χ3v) is 4.53. The van der Waals surface area contributed by atoms with Crippen LogP contribution in [-0.4, -0.2) is 6.54 Å². The Kier molecular flexibility index (Phi) is 2.39. The lowest BCUT2D eigenvalue weighted by Gasteiger charge is -2.28. The second-order valence-corrected chi connectivity index (χ2v) is 5.56. The van der Waals surface area contributed by atoms with Crippen LogP contribution < -0.4 is 10.6 Å². The Morgan fingerprint density at radius 3 is 2.58 bits per heavy atom. The highest BCUT2D eigenvalue weighted by atomic mass is 15.2. The van der Waals surface area contributed by atoms with Crippen molar-refractivity contribution >= 4 is 5.69 Å². The molecule has 4 rings (SSSR count). The smallest absolute Gasteiger partial charge is 0.0564 e. The molecule has 2 heteroatoms. The first-order valence-corrected chi connectivity index (χ1v) is 7.03. The zero-order chi connectivity index (χ0) is 12.8. The van der Waals surface area contributed by atoms with Gasteiger partial charge in [-0.05, 0) is 35.6 Å². The Morgan fingerprint density at radius 1 is 0.947 bits per heavy atom. The van der Waals surface area contributed by atoms with Crippen LogP contribution in [0, 0.1) is 0 Å². The first-order valence-electron chi connectivity index (χ1n) is 7.03. The van der Waals surface area contributed by atoms with Crippen LogP contribution in [-0.2, 0) is 6.42 Å². The number of fused-ring (bicyclic) bond motifs is 2. The van der Waals surface area contributed by atoms with Crippen molar-refractivity contribution in [1.29, 1.82) is 0 Å². The van der Waals surface area contributed by atoms with Crippen molar-refractivity contribution in [2.45, 2.75) is 24.9 Å². The number of nitrogens with zero attached hydrogens (tertiary/aromatic N) is 1. The average molecular weight is 250 g/mol. The van der Waals surface area contributed by atoms with Crippen LogP contribution in [0.2, 0.25) is 0 Å². The fourth-order valence-electron chi connectivity index (χ4n) is 3.63. The molecule has 1 aliphatic heterocycles. The number of nitrogens with two attached hydrogens (primary N) is 1. The van der Waals surface area contributed by atoms with Gasteiger partial charge in [-0.3, -0.25) is 0 Å². The van der Waals surface area contributed by atoms with Gasteiger partial charge in [0.1, 0.15) is 0 Å². The fourth-order valence-corrected chi connectivity index (χ4v) is 3.63. The quantitative estimate of drug-likeness (QED) is 0.842. The maximum absolute atomic E-state index is 6.30. The van der Waals surface area contributed by atoms with Gasteiger partial charge in [0, 0.05) is 18.3 Å². The molecule has 96 valence electrons. The molecule has 2 nitrogen and oxygen atoms in total. The molecule has 19 heavy (non-hydrogen) atoms. The van der Waals surface area contributed by atoms with Crippen molar-refractivity contribution in [3.8, 4) is 0 Å². The predicted molar refractivity (Wildman–Crippen MR) is 78.2 cm³/mol. The molecule has 2 aliphatic rings. The Bertz CT molecular complexity index is 620. The third-order valence-electron chi connectivity index (χ3n) is 4.53. The first kappa shape index (κ1) is 11.1. The van der Waals surface area contributed by atoms with Crippen molar-refractivity contribution < 1.29 is 0 Å². The summed E-state index contributed by atoms with van der Waals surface area (Å²) >= 11 is 0. The molecule has 2 N–H and O–H groups in total. The minimum absolute atomic E-state index is 0.189. The lowest BCUT2D eigenvalue weighted by atomic mass is 10.1. The van der Waals surface area contributed by atoms with E-state index in [1.54, 1.807) is 0 Å². The summed E-state index contributed by atoms with van der Waals surface area (Å²) in [5, 5.41) is 0. The van der Waals surface area contributed by atoms with E-state index in [0.717, 1.165) is 19.4 Å². The van der Waals surface area contributed by atoms with Gasteiger partial charge >= 0.3 is 0 Å². The van der Waals surface area contributed by atoms with E-state index in [1.165, 1.54) is 22.4 Å². The molecule has 1 heterocycles. The number of hydrogen-bond donors (Lipinski definition) is 1. The van der Waals surface area contributed by atoms with Gasteiger partial charge in [0.05, 0.1) is 6.04 Å². The standard InChI is InChI=1S/C17H18N2/c18-15-11-17(14-7-3-2-6-13(14)15)19-10-9-12-5-1-4-8-16(12)19/h1-8,15,17H,9-11,18H2. The Hall–Kier alpha value is -1.80. The highest BCUT2D eigenvalue weighted by Crippen LogP contribution is 2.45.